The molecule has 2 aromatic carbocycles. The molecule has 0 bridgehead atoms. The predicted octanol–water partition coefficient (Wildman–Crippen LogP) is 6.26. The standard InChI is InChI=1S/C30H29ClFN3O6S/c1-17(41-16-35-10-4-6-25(35)30-33-14-19(42-30)8-9-28(37)38)26(36)12-18-11-22(31)24(13-23(18)32)34-29(39)21-15-40-27-7-3-2-5-20(21)27/h2-3,5,7,11,13-15,17,25H,4,6,8-10,12,16H2,1H3,(H,34,39)(H,37,38)/t17?,25-/m0/s1. The van der Waals surface area contributed by atoms with Crippen molar-refractivity contribution in [1.29, 1.82) is 0 Å². The number of hydrogen-bond donors (Lipinski definition) is 2. The van der Waals surface area contributed by atoms with Gasteiger partial charge in [-0.05, 0) is 49.9 Å². The van der Waals surface area contributed by atoms with Crippen LogP contribution in [0.3, 0.4) is 0 Å². The van der Waals surface area contributed by atoms with E-state index in [2.05, 4.69) is 15.2 Å². The van der Waals surface area contributed by atoms with Gasteiger partial charge in [0.15, 0.2) is 5.78 Å². The maximum absolute atomic E-state index is 15.0. The number of nitrogens with one attached hydrogen (secondary N) is 1. The molecule has 12 heteroatoms. The summed E-state index contributed by atoms with van der Waals surface area (Å²) in [6.45, 7) is 2.62. The first-order valence-corrected chi connectivity index (χ1v) is 14.7. The van der Waals surface area contributed by atoms with Gasteiger partial charge in [0.2, 0.25) is 0 Å². The van der Waals surface area contributed by atoms with Crippen LogP contribution in [-0.2, 0) is 27.2 Å². The van der Waals surface area contributed by atoms with Crippen molar-refractivity contribution in [2.75, 3.05) is 18.6 Å². The summed E-state index contributed by atoms with van der Waals surface area (Å²) >= 11 is 7.86. The van der Waals surface area contributed by atoms with Gasteiger partial charge in [0.05, 0.1) is 28.7 Å². The third-order valence-corrected chi connectivity index (χ3v) is 8.69. The maximum atomic E-state index is 15.0. The zero-order chi connectivity index (χ0) is 29.8. The molecule has 2 atom stereocenters. The molecule has 0 saturated carbocycles. The van der Waals surface area contributed by atoms with Gasteiger partial charge < -0.3 is 19.6 Å². The molecular weight excluding hydrogens is 585 g/mol. The van der Waals surface area contributed by atoms with Crippen LogP contribution in [-0.4, -0.2) is 52.0 Å². The fourth-order valence-corrected chi connectivity index (χ4v) is 6.20. The lowest BCUT2D eigenvalue weighted by Gasteiger charge is -2.24. The lowest BCUT2D eigenvalue weighted by atomic mass is 10.0. The van der Waals surface area contributed by atoms with Crippen molar-refractivity contribution in [1.82, 2.24) is 9.88 Å². The van der Waals surface area contributed by atoms with E-state index in [-0.39, 0.29) is 47.7 Å². The van der Waals surface area contributed by atoms with Crippen molar-refractivity contribution >= 4 is 57.3 Å². The minimum atomic E-state index is -0.844. The summed E-state index contributed by atoms with van der Waals surface area (Å²) in [5, 5.41) is 13.2. The lowest BCUT2D eigenvalue weighted by Crippen LogP contribution is -2.32. The highest BCUT2D eigenvalue weighted by molar-refractivity contribution is 7.11. The van der Waals surface area contributed by atoms with Crippen molar-refractivity contribution in [2.24, 2.45) is 0 Å². The van der Waals surface area contributed by atoms with Gasteiger partial charge in [-0.3, -0.25) is 19.3 Å². The number of aryl methyl sites for hydroxylation is 1. The van der Waals surface area contributed by atoms with Crippen LogP contribution in [0, 0.1) is 5.82 Å². The number of aliphatic carboxylic acids is 1. The van der Waals surface area contributed by atoms with Gasteiger partial charge in [-0.15, -0.1) is 11.3 Å². The van der Waals surface area contributed by atoms with Crippen molar-refractivity contribution < 1.29 is 33.0 Å². The molecule has 5 rings (SSSR count). The van der Waals surface area contributed by atoms with Gasteiger partial charge in [-0.2, -0.15) is 0 Å². The lowest BCUT2D eigenvalue weighted by molar-refractivity contribution is -0.137. The van der Waals surface area contributed by atoms with Gasteiger partial charge >= 0.3 is 5.97 Å². The zero-order valence-electron chi connectivity index (χ0n) is 22.8. The third-order valence-electron chi connectivity index (χ3n) is 7.22. The molecular formula is C30H29ClFN3O6S. The topological polar surface area (TPSA) is 122 Å². The highest BCUT2D eigenvalue weighted by Gasteiger charge is 2.30. The largest absolute Gasteiger partial charge is 0.481 e. The Kier molecular flexibility index (Phi) is 9.32. The van der Waals surface area contributed by atoms with Gasteiger partial charge in [0.25, 0.3) is 5.91 Å². The maximum Gasteiger partial charge on any atom is 0.303 e. The number of amides is 1. The van der Waals surface area contributed by atoms with E-state index in [1.54, 1.807) is 37.4 Å². The van der Waals surface area contributed by atoms with Gasteiger partial charge in [0.1, 0.15) is 35.5 Å². The summed E-state index contributed by atoms with van der Waals surface area (Å²) in [5.41, 5.74) is 1.03. The van der Waals surface area contributed by atoms with Crippen molar-refractivity contribution in [2.45, 2.75) is 51.2 Å². The normalized spacial score (nSPS) is 16.1. The molecule has 3 heterocycles. The second-order valence-electron chi connectivity index (χ2n) is 10.1. The highest BCUT2D eigenvalue weighted by Crippen LogP contribution is 2.34. The van der Waals surface area contributed by atoms with Crippen molar-refractivity contribution in [3.8, 4) is 0 Å². The molecule has 1 aliphatic rings. The fraction of sp³-hybridized carbons (Fsp3) is 0.333. The minimum absolute atomic E-state index is 0.0370. The number of carbonyl (C=O) groups excluding carboxylic acids is 2. The summed E-state index contributed by atoms with van der Waals surface area (Å²) in [7, 11) is 0. The molecule has 0 aliphatic carbocycles. The number of likely N-dealkylation sites (tertiary alicyclic amines) is 1. The number of furan rings is 1. The van der Waals surface area contributed by atoms with E-state index >= 15 is 4.39 Å². The number of carboxylic acid groups (broad SMARTS) is 1. The first-order valence-electron chi connectivity index (χ1n) is 13.5. The number of hydrogen-bond acceptors (Lipinski definition) is 8. The molecule has 220 valence electrons. The van der Waals surface area contributed by atoms with E-state index < -0.39 is 23.8 Å². The highest BCUT2D eigenvalue weighted by atomic mass is 35.5. The van der Waals surface area contributed by atoms with E-state index in [4.69, 9.17) is 25.9 Å². The summed E-state index contributed by atoms with van der Waals surface area (Å²) in [5.74, 6) is -2.33. The van der Waals surface area contributed by atoms with Gasteiger partial charge in [0, 0.05) is 29.4 Å². The fourth-order valence-electron chi connectivity index (χ4n) is 4.88. The van der Waals surface area contributed by atoms with Crippen molar-refractivity contribution in [3.05, 3.63) is 80.7 Å². The number of fused-ring (bicyclic) bond motifs is 1. The predicted molar refractivity (Wildman–Crippen MR) is 156 cm³/mol. The first-order chi connectivity index (χ1) is 20.2. The van der Waals surface area contributed by atoms with Gasteiger partial charge in [-0.1, -0.05) is 29.8 Å². The molecule has 42 heavy (non-hydrogen) atoms. The second kappa shape index (κ2) is 13.1. The zero-order valence-corrected chi connectivity index (χ0v) is 24.3. The molecule has 1 fully saturated rings. The molecule has 1 saturated heterocycles. The van der Waals surface area contributed by atoms with E-state index in [0.29, 0.717) is 23.0 Å². The first kappa shape index (κ1) is 29.8. The van der Waals surface area contributed by atoms with Crippen LogP contribution >= 0.6 is 22.9 Å². The van der Waals surface area contributed by atoms with Crippen molar-refractivity contribution in [3.63, 3.8) is 0 Å². The van der Waals surface area contributed by atoms with Crippen LogP contribution in [0.5, 0.6) is 0 Å². The summed E-state index contributed by atoms with van der Waals surface area (Å²) < 4.78 is 26.3. The smallest absolute Gasteiger partial charge is 0.303 e. The number of carboxylic acids is 1. The van der Waals surface area contributed by atoms with Crippen LogP contribution in [0.4, 0.5) is 10.1 Å². The molecule has 1 aliphatic heterocycles. The van der Waals surface area contributed by atoms with E-state index in [1.165, 1.54) is 23.7 Å². The Morgan fingerprint density at radius 3 is 2.93 bits per heavy atom. The molecule has 1 unspecified atom stereocenters. The van der Waals surface area contributed by atoms with Crippen LogP contribution in [0.15, 0.2) is 53.3 Å². The number of benzene rings is 2. The third kappa shape index (κ3) is 6.87. The summed E-state index contributed by atoms with van der Waals surface area (Å²) in [6.07, 6.45) is 4.38. The number of ether oxygens (including phenoxy) is 1. The van der Waals surface area contributed by atoms with E-state index in [9.17, 15) is 14.4 Å². The molecule has 2 aromatic heterocycles. The van der Waals surface area contributed by atoms with Crippen LogP contribution in [0.25, 0.3) is 11.0 Å². The number of Topliss-reactive ketones (excluding diaryl/α,β-unsaturated/α-hetero) is 1. The average molecular weight is 614 g/mol. The van der Waals surface area contributed by atoms with Gasteiger partial charge in [-0.25, -0.2) is 9.37 Å². The van der Waals surface area contributed by atoms with Crippen LogP contribution < -0.4 is 5.32 Å². The summed E-state index contributed by atoms with van der Waals surface area (Å²) in [6, 6.07) is 9.54. The molecule has 0 radical (unpaired) electrons. The molecule has 0 spiro atoms. The number of nitrogens with zero attached hydrogens (tertiary/aromatic N) is 2. The number of anilines is 1. The SMILES string of the molecule is CC(OCN1CCC[C@H]1c1ncc(CCC(=O)O)s1)C(=O)Cc1cc(Cl)c(NC(=O)c2coc3ccccc23)cc1F. The molecule has 2 N–H and O–H groups in total. The van der Waals surface area contributed by atoms with Crippen LogP contribution in [0.1, 0.15) is 58.0 Å². The quantitative estimate of drug-likeness (QED) is 0.192. The Labute approximate surface area is 250 Å². The molecule has 9 nitrogen and oxygen atoms in total. The number of ketones is 1. The number of thiazole rings is 1. The number of para-hydroxylation sites is 1. The molecule has 1 amide bonds. The number of aromatic nitrogens is 1. The number of carbonyl (C=O) groups is 3. The monoisotopic (exact) mass is 613 g/mol. The Bertz CT molecular complexity index is 1620. The van der Waals surface area contributed by atoms with E-state index in [1.807, 2.05) is 0 Å². The minimum Gasteiger partial charge on any atom is -0.481 e. The Morgan fingerprint density at radius 2 is 2.12 bits per heavy atom. The summed E-state index contributed by atoms with van der Waals surface area (Å²) in [4.78, 5) is 44.1. The number of halogens is 2. The Balaban J connectivity index is 1.16. The second-order valence-corrected chi connectivity index (χ2v) is 11.7. The average Bonchev–Trinajstić information content (AvgIpc) is 3.72. The molecule has 4 aromatic rings. The number of rotatable bonds is 12. The Morgan fingerprint density at radius 1 is 1.31 bits per heavy atom. The van der Waals surface area contributed by atoms with Crippen LogP contribution in [0.2, 0.25) is 5.02 Å². The van der Waals surface area contributed by atoms with E-state index in [0.717, 1.165) is 35.3 Å². The Hall–Kier alpha value is -3.64.